The Kier molecular flexibility index (Phi) is 5.43. The number of carbonyl (C=O) groups excluding carboxylic acids is 1. The number of hydrogen-bond acceptors (Lipinski definition) is 3. The SMILES string of the molecule is COC1(C(F)(F)CNC(=O)/C=C/CN(C)C)CCC1. The third kappa shape index (κ3) is 3.98. The van der Waals surface area contributed by atoms with Crippen molar-refractivity contribution in [2.75, 3.05) is 34.3 Å². The van der Waals surface area contributed by atoms with Crippen LogP contribution in [0.5, 0.6) is 0 Å². The van der Waals surface area contributed by atoms with E-state index in [1.54, 1.807) is 6.08 Å². The van der Waals surface area contributed by atoms with E-state index in [0.717, 1.165) is 6.42 Å². The standard InChI is InChI=1S/C13H22F2N2O2/c1-17(2)9-4-6-11(18)16-10-13(14,15)12(19-3)7-5-8-12/h4,6H,5,7-10H2,1-3H3,(H,16,18)/b6-4+. The molecule has 110 valence electrons. The molecule has 1 aliphatic carbocycles. The molecule has 0 atom stereocenters. The van der Waals surface area contributed by atoms with Crippen LogP contribution in [-0.4, -0.2) is 56.6 Å². The first kappa shape index (κ1) is 16.0. The Labute approximate surface area is 112 Å². The van der Waals surface area contributed by atoms with Crippen molar-refractivity contribution in [2.45, 2.75) is 30.8 Å². The molecule has 0 aliphatic heterocycles. The summed E-state index contributed by atoms with van der Waals surface area (Å²) in [5, 5.41) is 2.23. The predicted octanol–water partition coefficient (Wildman–Crippen LogP) is 1.42. The summed E-state index contributed by atoms with van der Waals surface area (Å²) >= 11 is 0. The lowest BCUT2D eigenvalue weighted by molar-refractivity contribution is -0.228. The maximum atomic E-state index is 14.0. The van der Waals surface area contributed by atoms with E-state index in [4.69, 9.17) is 4.74 Å². The van der Waals surface area contributed by atoms with Crippen LogP contribution in [0.15, 0.2) is 12.2 Å². The third-order valence-electron chi connectivity index (χ3n) is 3.44. The summed E-state index contributed by atoms with van der Waals surface area (Å²) in [7, 11) is 5.01. The van der Waals surface area contributed by atoms with Crippen molar-refractivity contribution in [3.05, 3.63) is 12.2 Å². The van der Waals surface area contributed by atoms with Crippen molar-refractivity contribution in [1.29, 1.82) is 0 Å². The van der Waals surface area contributed by atoms with Gasteiger partial charge in [-0.3, -0.25) is 4.79 Å². The van der Waals surface area contributed by atoms with Gasteiger partial charge < -0.3 is 15.0 Å². The minimum absolute atomic E-state index is 0.336. The fourth-order valence-corrected chi connectivity index (χ4v) is 2.01. The van der Waals surface area contributed by atoms with E-state index in [0.29, 0.717) is 19.4 Å². The van der Waals surface area contributed by atoms with Gasteiger partial charge in [-0.25, -0.2) is 8.78 Å². The zero-order valence-corrected chi connectivity index (χ0v) is 11.7. The van der Waals surface area contributed by atoms with Crippen LogP contribution in [0.4, 0.5) is 8.78 Å². The first-order chi connectivity index (χ1) is 8.83. The summed E-state index contributed by atoms with van der Waals surface area (Å²) in [4.78, 5) is 13.3. The highest BCUT2D eigenvalue weighted by Gasteiger charge is 2.57. The van der Waals surface area contributed by atoms with Crippen LogP contribution in [0.1, 0.15) is 19.3 Å². The first-order valence-corrected chi connectivity index (χ1v) is 6.35. The lowest BCUT2D eigenvalue weighted by Gasteiger charge is -2.45. The van der Waals surface area contributed by atoms with Crippen molar-refractivity contribution < 1.29 is 18.3 Å². The van der Waals surface area contributed by atoms with Gasteiger partial charge >= 0.3 is 0 Å². The molecular weight excluding hydrogens is 254 g/mol. The topological polar surface area (TPSA) is 41.6 Å². The fourth-order valence-electron chi connectivity index (χ4n) is 2.01. The minimum atomic E-state index is -3.04. The Morgan fingerprint density at radius 2 is 2.11 bits per heavy atom. The highest BCUT2D eigenvalue weighted by Crippen LogP contribution is 2.46. The molecular formula is C13H22F2N2O2. The number of ether oxygens (including phenoxy) is 1. The third-order valence-corrected chi connectivity index (χ3v) is 3.44. The summed E-state index contributed by atoms with van der Waals surface area (Å²) in [6.07, 6.45) is 4.31. The Hall–Kier alpha value is -1.01. The molecule has 1 rings (SSSR count). The van der Waals surface area contributed by atoms with Crippen molar-refractivity contribution in [1.82, 2.24) is 10.2 Å². The van der Waals surface area contributed by atoms with E-state index in [1.165, 1.54) is 13.2 Å². The van der Waals surface area contributed by atoms with E-state index in [2.05, 4.69) is 5.32 Å². The van der Waals surface area contributed by atoms with Gasteiger partial charge in [-0.2, -0.15) is 0 Å². The number of nitrogens with zero attached hydrogens (tertiary/aromatic N) is 1. The first-order valence-electron chi connectivity index (χ1n) is 6.35. The monoisotopic (exact) mass is 276 g/mol. The number of halogens is 2. The number of carbonyl (C=O) groups is 1. The molecule has 1 N–H and O–H groups in total. The second-order valence-corrected chi connectivity index (χ2v) is 5.14. The number of amides is 1. The number of methoxy groups -OCH3 is 1. The molecule has 1 fully saturated rings. The predicted molar refractivity (Wildman–Crippen MR) is 69.2 cm³/mol. The molecule has 6 heteroatoms. The van der Waals surface area contributed by atoms with Crippen molar-refractivity contribution >= 4 is 5.91 Å². The second kappa shape index (κ2) is 6.43. The minimum Gasteiger partial charge on any atom is -0.372 e. The summed E-state index contributed by atoms with van der Waals surface area (Å²) in [5.41, 5.74) is -1.40. The smallest absolute Gasteiger partial charge is 0.293 e. The molecule has 0 bridgehead atoms. The van der Waals surface area contributed by atoms with Gasteiger partial charge in [-0.1, -0.05) is 6.08 Å². The summed E-state index contributed by atoms with van der Waals surface area (Å²) in [6.45, 7) is -0.0994. The molecule has 19 heavy (non-hydrogen) atoms. The van der Waals surface area contributed by atoms with E-state index in [9.17, 15) is 13.6 Å². The van der Waals surface area contributed by atoms with E-state index in [1.807, 2.05) is 19.0 Å². The van der Waals surface area contributed by atoms with Crippen molar-refractivity contribution in [2.24, 2.45) is 0 Å². The Morgan fingerprint density at radius 3 is 2.53 bits per heavy atom. The molecule has 0 saturated heterocycles. The second-order valence-electron chi connectivity index (χ2n) is 5.14. The number of nitrogens with one attached hydrogen (secondary N) is 1. The normalized spacial score (nSPS) is 18.6. The molecule has 0 radical (unpaired) electrons. The number of rotatable bonds is 7. The lowest BCUT2D eigenvalue weighted by atomic mass is 9.75. The van der Waals surface area contributed by atoms with Crippen molar-refractivity contribution in [3.8, 4) is 0 Å². The van der Waals surface area contributed by atoms with Gasteiger partial charge in [0.05, 0.1) is 6.54 Å². The van der Waals surface area contributed by atoms with Gasteiger partial charge in [-0.15, -0.1) is 0 Å². The molecule has 0 spiro atoms. The molecule has 1 aliphatic rings. The number of likely N-dealkylation sites (N-methyl/N-ethyl adjacent to an activating group) is 1. The molecule has 1 saturated carbocycles. The van der Waals surface area contributed by atoms with E-state index >= 15 is 0 Å². The van der Waals surface area contributed by atoms with Crippen molar-refractivity contribution in [3.63, 3.8) is 0 Å². The molecule has 0 aromatic rings. The average Bonchev–Trinajstić information content (AvgIpc) is 2.25. The highest BCUT2D eigenvalue weighted by molar-refractivity contribution is 5.87. The van der Waals surface area contributed by atoms with Gasteiger partial charge in [0.25, 0.3) is 5.92 Å². The van der Waals surface area contributed by atoms with Gasteiger partial charge in [-0.05, 0) is 33.4 Å². The van der Waals surface area contributed by atoms with Crippen LogP contribution in [-0.2, 0) is 9.53 Å². The largest absolute Gasteiger partial charge is 0.372 e. The zero-order valence-electron chi connectivity index (χ0n) is 11.7. The Bertz CT molecular complexity index is 334. The molecule has 0 heterocycles. The average molecular weight is 276 g/mol. The van der Waals surface area contributed by atoms with E-state index in [-0.39, 0.29) is 0 Å². The van der Waals surface area contributed by atoms with Gasteiger partial charge in [0.15, 0.2) is 0 Å². The van der Waals surface area contributed by atoms with Crippen LogP contribution < -0.4 is 5.32 Å². The molecule has 0 unspecified atom stereocenters. The van der Waals surface area contributed by atoms with Gasteiger partial charge in [0.2, 0.25) is 5.91 Å². The van der Waals surface area contributed by atoms with Crippen LogP contribution in [0.3, 0.4) is 0 Å². The number of hydrogen-bond donors (Lipinski definition) is 1. The molecule has 0 aromatic carbocycles. The Morgan fingerprint density at radius 1 is 1.47 bits per heavy atom. The van der Waals surface area contributed by atoms with Crippen LogP contribution in [0.25, 0.3) is 0 Å². The maximum Gasteiger partial charge on any atom is 0.293 e. The maximum absolute atomic E-state index is 14.0. The fraction of sp³-hybridized carbons (Fsp3) is 0.769. The van der Waals surface area contributed by atoms with Gasteiger partial charge in [0, 0.05) is 19.7 Å². The van der Waals surface area contributed by atoms with Crippen LogP contribution in [0.2, 0.25) is 0 Å². The van der Waals surface area contributed by atoms with Crippen LogP contribution in [0, 0.1) is 0 Å². The summed E-state index contributed by atoms with van der Waals surface area (Å²) in [5.74, 6) is -3.54. The number of alkyl halides is 2. The zero-order chi connectivity index (χ0) is 14.5. The van der Waals surface area contributed by atoms with E-state index < -0.39 is 24.0 Å². The van der Waals surface area contributed by atoms with Crippen LogP contribution >= 0.6 is 0 Å². The van der Waals surface area contributed by atoms with Gasteiger partial charge in [0.1, 0.15) is 5.60 Å². The summed E-state index contributed by atoms with van der Waals surface area (Å²) in [6, 6.07) is 0. The highest BCUT2D eigenvalue weighted by atomic mass is 19.3. The quantitative estimate of drug-likeness (QED) is 0.715. The lowest BCUT2D eigenvalue weighted by Crippen LogP contribution is -2.59. The molecule has 1 amide bonds. The molecule has 4 nitrogen and oxygen atoms in total. The Balaban J connectivity index is 2.42. The summed E-state index contributed by atoms with van der Waals surface area (Å²) < 4.78 is 32.9. The molecule has 0 aromatic heterocycles.